The molecule has 2 N–H and O–H groups in total. The van der Waals surface area contributed by atoms with E-state index in [-0.39, 0.29) is 18.2 Å². The Labute approximate surface area is 151 Å². The maximum absolute atomic E-state index is 14.0. The van der Waals surface area contributed by atoms with Gasteiger partial charge in [-0.2, -0.15) is 0 Å². The number of benzene rings is 2. The van der Waals surface area contributed by atoms with Crippen LogP contribution in [0.1, 0.15) is 28.8 Å². The van der Waals surface area contributed by atoms with Crippen molar-refractivity contribution in [1.82, 2.24) is 10.0 Å². The average Bonchev–Trinajstić information content (AvgIpc) is 3.43. The molecule has 8 heteroatoms. The Balaban J connectivity index is 1.71. The van der Waals surface area contributed by atoms with Gasteiger partial charge in [0.1, 0.15) is 16.5 Å². The van der Waals surface area contributed by atoms with Crippen molar-refractivity contribution >= 4 is 15.9 Å². The predicted octanol–water partition coefficient (Wildman–Crippen LogP) is 2.21. The van der Waals surface area contributed by atoms with Crippen molar-refractivity contribution in [3.05, 3.63) is 59.4 Å². The summed E-state index contributed by atoms with van der Waals surface area (Å²) in [5, 5.41) is 2.69. The normalized spacial score (nSPS) is 14.1. The Bertz CT molecular complexity index is 909. The van der Waals surface area contributed by atoms with E-state index in [1.54, 1.807) is 31.4 Å². The minimum absolute atomic E-state index is 0.0797. The zero-order valence-electron chi connectivity index (χ0n) is 14.2. The predicted molar refractivity (Wildman–Crippen MR) is 93.9 cm³/mol. The Hall–Kier alpha value is -2.45. The number of sulfonamides is 1. The van der Waals surface area contributed by atoms with Gasteiger partial charge in [-0.05, 0) is 48.7 Å². The van der Waals surface area contributed by atoms with Gasteiger partial charge in [-0.3, -0.25) is 4.79 Å². The van der Waals surface area contributed by atoms with E-state index in [4.69, 9.17) is 4.74 Å². The number of rotatable bonds is 7. The highest BCUT2D eigenvalue weighted by Gasteiger charge is 2.30. The zero-order chi connectivity index (χ0) is 18.7. The smallest absolute Gasteiger partial charge is 0.251 e. The van der Waals surface area contributed by atoms with Gasteiger partial charge < -0.3 is 10.1 Å². The minimum Gasteiger partial charge on any atom is -0.497 e. The highest BCUT2D eigenvalue weighted by Crippen LogP contribution is 2.24. The van der Waals surface area contributed by atoms with E-state index in [2.05, 4.69) is 10.0 Å². The fraction of sp³-hybridized carbons (Fsp3) is 0.278. The molecule has 1 aliphatic rings. The second-order valence-electron chi connectivity index (χ2n) is 6.07. The molecule has 1 aliphatic carbocycles. The number of carbonyl (C=O) groups is 1. The molecular weight excluding hydrogens is 359 g/mol. The Kier molecular flexibility index (Phi) is 5.24. The van der Waals surface area contributed by atoms with Gasteiger partial charge in [-0.25, -0.2) is 17.5 Å². The first-order valence-electron chi connectivity index (χ1n) is 8.12. The minimum atomic E-state index is -3.98. The van der Waals surface area contributed by atoms with Crippen LogP contribution in [0.5, 0.6) is 5.75 Å². The van der Waals surface area contributed by atoms with Crippen molar-refractivity contribution in [3.8, 4) is 5.75 Å². The summed E-state index contributed by atoms with van der Waals surface area (Å²) in [5.74, 6) is -0.662. The number of hydrogen-bond acceptors (Lipinski definition) is 4. The standard InChI is InChI=1S/C18H19FN2O4S/c1-25-15-7-2-12(3-8-15)11-20-18(22)13-4-9-16(19)17(10-13)26(23,24)21-14-5-6-14/h2-4,7-10,14,21H,5-6,11H2,1H3,(H,20,22). The summed E-state index contributed by atoms with van der Waals surface area (Å²) < 4.78 is 45.9. The van der Waals surface area contributed by atoms with E-state index in [9.17, 15) is 17.6 Å². The van der Waals surface area contributed by atoms with Crippen LogP contribution >= 0.6 is 0 Å². The van der Waals surface area contributed by atoms with Gasteiger partial charge in [0, 0.05) is 18.2 Å². The van der Waals surface area contributed by atoms with E-state index in [1.165, 1.54) is 6.07 Å². The van der Waals surface area contributed by atoms with E-state index >= 15 is 0 Å². The first-order valence-corrected chi connectivity index (χ1v) is 9.60. The van der Waals surface area contributed by atoms with E-state index in [0.717, 1.165) is 30.5 Å². The van der Waals surface area contributed by atoms with Crippen molar-refractivity contribution < 1.29 is 22.3 Å². The van der Waals surface area contributed by atoms with Crippen LogP contribution in [0.4, 0.5) is 4.39 Å². The lowest BCUT2D eigenvalue weighted by Crippen LogP contribution is -2.28. The highest BCUT2D eigenvalue weighted by atomic mass is 32.2. The van der Waals surface area contributed by atoms with Crippen LogP contribution < -0.4 is 14.8 Å². The van der Waals surface area contributed by atoms with Crippen molar-refractivity contribution in [2.45, 2.75) is 30.3 Å². The molecule has 2 aromatic carbocycles. The van der Waals surface area contributed by atoms with Crippen LogP contribution in [0.2, 0.25) is 0 Å². The third-order valence-corrected chi connectivity index (χ3v) is 5.53. The van der Waals surface area contributed by atoms with E-state index in [1.807, 2.05) is 0 Å². The van der Waals surface area contributed by atoms with Crippen LogP contribution in [0.3, 0.4) is 0 Å². The fourth-order valence-corrected chi connectivity index (χ4v) is 3.77. The van der Waals surface area contributed by atoms with Gasteiger partial charge in [-0.1, -0.05) is 12.1 Å². The summed E-state index contributed by atoms with van der Waals surface area (Å²) in [7, 11) is -2.41. The lowest BCUT2D eigenvalue weighted by atomic mass is 10.2. The molecule has 0 aliphatic heterocycles. The molecule has 0 spiro atoms. The molecule has 1 amide bonds. The van der Waals surface area contributed by atoms with E-state index in [0.29, 0.717) is 5.75 Å². The van der Waals surface area contributed by atoms with Crippen LogP contribution in [-0.4, -0.2) is 27.5 Å². The Morgan fingerprint density at radius 3 is 2.50 bits per heavy atom. The lowest BCUT2D eigenvalue weighted by molar-refractivity contribution is 0.0950. The van der Waals surface area contributed by atoms with Crippen molar-refractivity contribution in [2.75, 3.05) is 7.11 Å². The Morgan fingerprint density at radius 2 is 1.88 bits per heavy atom. The molecule has 1 saturated carbocycles. The molecular formula is C18H19FN2O4S. The quantitative estimate of drug-likeness (QED) is 0.774. The number of halogens is 1. The second kappa shape index (κ2) is 7.43. The number of ether oxygens (including phenoxy) is 1. The summed E-state index contributed by atoms with van der Waals surface area (Å²) in [6, 6.07) is 10.3. The molecule has 0 bridgehead atoms. The maximum atomic E-state index is 14.0. The molecule has 26 heavy (non-hydrogen) atoms. The van der Waals surface area contributed by atoms with Crippen LogP contribution in [-0.2, 0) is 16.6 Å². The monoisotopic (exact) mass is 378 g/mol. The fourth-order valence-electron chi connectivity index (χ4n) is 2.36. The number of carbonyl (C=O) groups excluding carboxylic acids is 1. The lowest BCUT2D eigenvalue weighted by Gasteiger charge is -2.10. The molecule has 138 valence electrons. The maximum Gasteiger partial charge on any atom is 0.251 e. The summed E-state index contributed by atoms with van der Waals surface area (Å²) in [5.41, 5.74) is 0.931. The van der Waals surface area contributed by atoms with Gasteiger partial charge >= 0.3 is 0 Å². The molecule has 0 heterocycles. The number of amides is 1. The average molecular weight is 378 g/mol. The van der Waals surface area contributed by atoms with Crippen molar-refractivity contribution in [1.29, 1.82) is 0 Å². The number of hydrogen-bond donors (Lipinski definition) is 2. The van der Waals surface area contributed by atoms with Crippen LogP contribution in [0, 0.1) is 5.82 Å². The SMILES string of the molecule is COc1ccc(CNC(=O)c2ccc(F)c(S(=O)(=O)NC3CC3)c2)cc1. The van der Waals surface area contributed by atoms with Gasteiger partial charge in [-0.15, -0.1) is 0 Å². The van der Waals surface area contributed by atoms with Gasteiger partial charge in [0.15, 0.2) is 0 Å². The molecule has 0 atom stereocenters. The van der Waals surface area contributed by atoms with Gasteiger partial charge in [0.25, 0.3) is 5.91 Å². The summed E-state index contributed by atoms with van der Waals surface area (Å²) in [4.78, 5) is 11.8. The molecule has 2 aromatic rings. The number of nitrogens with one attached hydrogen (secondary N) is 2. The van der Waals surface area contributed by atoms with E-state index < -0.39 is 26.6 Å². The topological polar surface area (TPSA) is 84.5 Å². The van der Waals surface area contributed by atoms with Gasteiger partial charge in [0.2, 0.25) is 10.0 Å². The zero-order valence-corrected chi connectivity index (χ0v) is 15.0. The molecule has 0 unspecified atom stereocenters. The first-order chi connectivity index (χ1) is 12.4. The van der Waals surface area contributed by atoms with Gasteiger partial charge in [0.05, 0.1) is 7.11 Å². The van der Waals surface area contributed by atoms with Crippen molar-refractivity contribution in [2.24, 2.45) is 0 Å². The number of methoxy groups -OCH3 is 1. The first kappa shape index (κ1) is 18.3. The summed E-state index contributed by atoms with van der Waals surface area (Å²) in [6.07, 6.45) is 1.48. The summed E-state index contributed by atoms with van der Waals surface area (Å²) >= 11 is 0. The molecule has 0 radical (unpaired) electrons. The third kappa shape index (κ3) is 4.39. The third-order valence-electron chi connectivity index (χ3n) is 3.99. The molecule has 0 saturated heterocycles. The Morgan fingerprint density at radius 1 is 1.19 bits per heavy atom. The van der Waals surface area contributed by atoms with Crippen molar-refractivity contribution in [3.63, 3.8) is 0 Å². The van der Waals surface area contributed by atoms with Crippen LogP contribution in [0.25, 0.3) is 0 Å². The summed E-state index contributed by atoms with van der Waals surface area (Å²) in [6.45, 7) is 0.253. The second-order valence-corrected chi connectivity index (χ2v) is 7.75. The largest absolute Gasteiger partial charge is 0.497 e. The molecule has 1 fully saturated rings. The molecule has 3 rings (SSSR count). The highest BCUT2D eigenvalue weighted by molar-refractivity contribution is 7.89. The molecule has 6 nitrogen and oxygen atoms in total. The van der Waals surface area contributed by atoms with Crippen LogP contribution in [0.15, 0.2) is 47.4 Å². The molecule has 0 aromatic heterocycles.